The van der Waals surface area contributed by atoms with Crippen LogP contribution >= 0.6 is 23.2 Å². The predicted molar refractivity (Wildman–Crippen MR) is 53.7 cm³/mol. The molecule has 0 radical (unpaired) electrons. The van der Waals surface area contributed by atoms with Gasteiger partial charge < -0.3 is 5.73 Å². The summed E-state index contributed by atoms with van der Waals surface area (Å²) < 4.78 is 0. The van der Waals surface area contributed by atoms with Gasteiger partial charge in [0.25, 0.3) is 0 Å². The van der Waals surface area contributed by atoms with Crippen molar-refractivity contribution in [2.45, 2.75) is 12.5 Å². The summed E-state index contributed by atoms with van der Waals surface area (Å²) in [5, 5.41) is 0.718. The Kier molecular flexibility index (Phi) is 3.86. The number of hydrogen-bond acceptors (Lipinski definition) is 1. The molecule has 1 aromatic rings. The molecule has 0 aliphatic rings. The van der Waals surface area contributed by atoms with E-state index in [1.807, 2.05) is 24.3 Å². The van der Waals surface area contributed by atoms with Gasteiger partial charge in [-0.2, -0.15) is 0 Å². The minimum Gasteiger partial charge on any atom is -0.324 e. The van der Waals surface area contributed by atoms with Gasteiger partial charge in [-0.05, 0) is 18.1 Å². The molecule has 0 bridgehead atoms. The van der Waals surface area contributed by atoms with Gasteiger partial charge in [-0.1, -0.05) is 29.8 Å². The number of halogens is 2. The first-order valence-corrected chi connectivity index (χ1v) is 4.73. The topological polar surface area (TPSA) is 26.0 Å². The normalized spacial score (nSPS) is 12.9. The maximum Gasteiger partial charge on any atom is 0.0453 e. The van der Waals surface area contributed by atoms with Gasteiger partial charge in [-0.15, -0.1) is 11.6 Å². The van der Waals surface area contributed by atoms with E-state index >= 15 is 0 Å². The third-order valence-corrected chi connectivity index (χ3v) is 2.29. The van der Waals surface area contributed by atoms with Crippen molar-refractivity contribution in [1.82, 2.24) is 0 Å². The van der Waals surface area contributed by atoms with Gasteiger partial charge in [-0.3, -0.25) is 0 Å². The Hall–Kier alpha value is -0.240. The van der Waals surface area contributed by atoms with Crippen LogP contribution in [0.5, 0.6) is 0 Å². The predicted octanol–water partition coefficient (Wildman–Crippen LogP) is 2.97. The van der Waals surface area contributed by atoms with Crippen LogP contribution in [-0.4, -0.2) is 5.88 Å². The van der Waals surface area contributed by atoms with E-state index in [0.717, 1.165) is 17.0 Å². The van der Waals surface area contributed by atoms with Crippen LogP contribution in [0.4, 0.5) is 0 Å². The Balaban J connectivity index is 2.79. The average Bonchev–Trinajstić information content (AvgIpc) is 2.05. The molecule has 1 aromatic carbocycles. The van der Waals surface area contributed by atoms with Crippen LogP contribution in [0.1, 0.15) is 18.0 Å². The van der Waals surface area contributed by atoms with Crippen molar-refractivity contribution in [3.63, 3.8) is 0 Å². The van der Waals surface area contributed by atoms with E-state index < -0.39 is 0 Å². The molecule has 0 aromatic heterocycles. The Morgan fingerprint density at radius 3 is 2.58 bits per heavy atom. The number of nitrogens with two attached hydrogens (primary N) is 1. The summed E-state index contributed by atoms with van der Waals surface area (Å²) in [4.78, 5) is 0. The molecule has 1 unspecified atom stereocenters. The van der Waals surface area contributed by atoms with Crippen LogP contribution in [0.15, 0.2) is 24.3 Å². The maximum absolute atomic E-state index is 5.93. The van der Waals surface area contributed by atoms with Crippen molar-refractivity contribution in [2.75, 3.05) is 5.88 Å². The summed E-state index contributed by atoms with van der Waals surface area (Å²) in [6.45, 7) is 0. The molecule has 0 saturated carbocycles. The quantitative estimate of drug-likeness (QED) is 0.752. The zero-order chi connectivity index (χ0) is 8.97. The fraction of sp³-hybridized carbons (Fsp3) is 0.333. The number of rotatable bonds is 3. The summed E-state index contributed by atoms with van der Waals surface area (Å²) in [7, 11) is 0. The molecule has 0 spiro atoms. The first-order chi connectivity index (χ1) is 5.75. The first kappa shape index (κ1) is 9.85. The Bertz CT molecular complexity index is 250. The SMILES string of the molecule is NC(CCCl)c1ccccc1Cl. The highest BCUT2D eigenvalue weighted by Gasteiger charge is 2.07. The summed E-state index contributed by atoms with van der Waals surface area (Å²) in [5.41, 5.74) is 6.81. The lowest BCUT2D eigenvalue weighted by Crippen LogP contribution is -2.10. The van der Waals surface area contributed by atoms with Gasteiger partial charge in [0.05, 0.1) is 0 Å². The van der Waals surface area contributed by atoms with E-state index in [9.17, 15) is 0 Å². The second kappa shape index (κ2) is 4.70. The molecule has 1 rings (SSSR count). The minimum absolute atomic E-state index is 0.0452. The largest absolute Gasteiger partial charge is 0.324 e. The summed E-state index contributed by atoms with van der Waals surface area (Å²) >= 11 is 11.5. The number of alkyl halides is 1. The maximum atomic E-state index is 5.93. The van der Waals surface area contributed by atoms with Crippen molar-refractivity contribution < 1.29 is 0 Å². The highest BCUT2D eigenvalue weighted by molar-refractivity contribution is 6.31. The van der Waals surface area contributed by atoms with Gasteiger partial charge in [0.1, 0.15) is 0 Å². The van der Waals surface area contributed by atoms with Crippen LogP contribution in [0, 0.1) is 0 Å². The van der Waals surface area contributed by atoms with Crippen LogP contribution in [-0.2, 0) is 0 Å². The molecule has 0 saturated heterocycles. The molecule has 0 amide bonds. The molecule has 0 heterocycles. The molecular weight excluding hydrogens is 193 g/mol. The van der Waals surface area contributed by atoms with Gasteiger partial charge in [0.15, 0.2) is 0 Å². The van der Waals surface area contributed by atoms with E-state index in [-0.39, 0.29) is 6.04 Å². The molecular formula is C9H11Cl2N. The Morgan fingerprint density at radius 2 is 2.00 bits per heavy atom. The molecule has 2 N–H and O–H groups in total. The molecule has 0 aliphatic heterocycles. The minimum atomic E-state index is -0.0452. The summed E-state index contributed by atoms with van der Waals surface area (Å²) in [6.07, 6.45) is 0.755. The smallest absolute Gasteiger partial charge is 0.0453 e. The number of hydrogen-bond donors (Lipinski definition) is 1. The van der Waals surface area contributed by atoms with E-state index in [1.165, 1.54) is 0 Å². The monoisotopic (exact) mass is 203 g/mol. The van der Waals surface area contributed by atoms with Crippen molar-refractivity contribution in [3.8, 4) is 0 Å². The Morgan fingerprint density at radius 1 is 1.33 bits per heavy atom. The fourth-order valence-electron chi connectivity index (χ4n) is 1.05. The molecule has 1 nitrogen and oxygen atoms in total. The molecule has 66 valence electrons. The summed E-state index contributed by atoms with van der Waals surface area (Å²) in [5.74, 6) is 0.562. The fourth-order valence-corrected chi connectivity index (χ4v) is 1.56. The van der Waals surface area contributed by atoms with Gasteiger partial charge in [-0.25, -0.2) is 0 Å². The zero-order valence-corrected chi connectivity index (χ0v) is 8.15. The zero-order valence-electron chi connectivity index (χ0n) is 6.63. The van der Waals surface area contributed by atoms with Gasteiger partial charge >= 0.3 is 0 Å². The van der Waals surface area contributed by atoms with Crippen molar-refractivity contribution >= 4 is 23.2 Å². The average molecular weight is 204 g/mol. The van der Waals surface area contributed by atoms with E-state index in [1.54, 1.807) is 0 Å². The van der Waals surface area contributed by atoms with E-state index in [4.69, 9.17) is 28.9 Å². The standard InChI is InChI=1S/C9H11Cl2N/c10-6-5-9(12)7-3-1-2-4-8(7)11/h1-4,9H,5-6,12H2. The summed E-state index contributed by atoms with van der Waals surface area (Å²) in [6, 6.07) is 7.54. The highest BCUT2D eigenvalue weighted by atomic mass is 35.5. The first-order valence-electron chi connectivity index (χ1n) is 3.81. The van der Waals surface area contributed by atoms with E-state index in [2.05, 4.69) is 0 Å². The number of benzene rings is 1. The molecule has 0 fully saturated rings. The van der Waals surface area contributed by atoms with Crippen LogP contribution in [0.3, 0.4) is 0 Å². The van der Waals surface area contributed by atoms with Crippen molar-refractivity contribution in [2.24, 2.45) is 5.73 Å². The molecule has 0 aliphatic carbocycles. The van der Waals surface area contributed by atoms with Crippen molar-refractivity contribution in [3.05, 3.63) is 34.9 Å². The Labute approximate surface area is 82.5 Å². The lowest BCUT2D eigenvalue weighted by atomic mass is 10.1. The lowest BCUT2D eigenvalue weighted by molar-refractivity contribution is 0.703. The molecule has 1 atom stereocenters. The highest BCUT2D eigenvalue weighted by Crippen LogP contribution is 2.22. The second-order valence-corrected chi connectivity index (χ2v) is 3.39. The third-order valence-electron chi connectivity index (χ3n) is 1.72. The second-order valence-electron chi connectivity index (χ2n) is 2.61. The van der Waals surface area contributed by atoms with Crippen LogP contribution < -0.4 is 5.73 Å². The van der Waals surface area contributed by atoms with Crippen LogP contribution in [0.2, 0.25) is 5.02 Å². The molecule has 12 heavy (non-hydrogen) atoms. The van der Waals surface area contributed by atoms with Gasteiger partial charge in [0, 0.05) is 16.9 Å². The lowest BCUT2D eigenvalue weighted by Gasteiger charge is -2.11. The van der Waals surface area contributed by atoms with Crippen molar-refractivity contribution in [1.29, 1.82) is 0 Å². The van der Waals surface area contributed by atoms with Gasteiger partial charge in [0.2, 0.25) is 0 Å². The van der Waals surface area contributed by atoms with E-state index in [0.29, 0.717) is 5.88 Å². The third kappa shape index (κ3) is 2.37. The molecule has 3 heteroatoms. The van der Waals surface area contributed by atoms with Crippen LogP contribution in [0.25, 0.3) is 0 Å².